The van der Waals surface area contributed by atoms with Crippen molar-refractivity contribution in [2.24, 2.45) is 17.8 Å². The number of hydrogen-bond donors (Lipinski definition) is 0. The highest BCUT2D eigenvalue weighted by atomic mass is 28.4. The third kappa shape index (κ3) is 2.56. The summed E-state index contributed by atoms with van der Waals surface area (Å²) >= 11 is 0. The van der Waals surface area contributed by atoms with Crippen molar-refractivity contribution < 1.29 is 8.85 Å². The molecule has 2 fully saturated rings. The van der Waals surface area contributed by atoms with Crippen LogP contribution in [0, 0.1) is 17.8 Å². The molecule has 3 nitrogen and oxygen atoms in total. The van der Waals surface area contributed by atoms with E-state index in [0.29, 0.717) is 0 Å². The first-order valence-electron chi connectivity index (χ1n) is 7.98. The van der Waals surface area contributed by atoms with Gasteiger partial charge in [0.15, 0.2) is 0 Å². The number of nitrogens with zero attached hydrogens (tertiary/aromatic N) is 1. The summed E-state index contributed by atoms with van der Waals surface area (Å²) in [6, 6.07) is 1.16. The summed E-state index contributed by atoms with van der Waals surface area (Å²) in [6.07, 6.45) is 8.93. The van der Waals surface area contributed by atoms with Gasteiger partial charge in [-0.1, -0.05) is 12.2 Å². The fraction of sp³-hybridized carbons (Fsp3) is 0.867. The van der Waals surface area contributed by atoms with Crippen molar-refractivity contribution in [3.63, 3.8) is 0 Å². The van der Waals surface area contributed by atoms with Gasteiger partial charge in [-0.15, -0.1) is 0 Å². The van der Waals surface area contributed by atoms with Crippen LogP contribution in [0.1, 0.15) is 33.1 Å². The number of rotatable bonds is 6. The van der Waals surface area contributed by atoms with Crippen molar-refractivity contribution in [3.8, 4) is 0 Å². The summed E-state index contributed by atoms with van der Waals surface area (Å²) in [5, 5.41) is 0. The Morgan fingerprint density at radius 1 is 1.16 bits per heavy atom. The molecule has 2 bridgehead atoms. The molecule has 108 valence electrons. The predicted octanol–water partition coefficient (Wildman–Crippen LogP) is 2.92. The van der Waals surface area contributed by atoms with Gasteiger partial charge in [0, 0.05) is 19.3 Å². The van der Waals surface area contributed by atoms with Crippen LogP contribution in [0.3, 0.4) is 0 Å². The van der Waals surface area contributed by atoms with Crippen LogP contribution in [0.15, 0.2) is 12.2 Å². The average molecular weight is 281 g/mol. The van der Waals surface area contributed by atoms with Crippen LogP contribution in [-0.4, -0.2) is 39.6 Å². The Balaban J connectivity index is 1.66. The maximum atomic E-state index is 6.16. The van der Waals surface area contributed by atoms with Crippen LogP contribution >= 0.6 is 0 Å². The van der Waals surface area contributed by atoms with Crippen LogP contribution in [-0.2, 0) is 8.85 Å². The third-order valence-corrected chi connectivity index (χ3v) is 8.85. The maximum absolute atomic E-state index is 6.16. The Labute approximate surface area is 118 Å². The second kappa shape index (κ2) is 5.68. The van der Waals surface area contributed by atoms with E-state index in [1.807, 2.05) is 0 Å². The molecular formula is C15H27NO2Si. The third-order valence-electron chi connectivity index (χ3n) is 5.01. The van der Waals surface area contributed by atoms with Crippen molar-refractivity contribution in [2.45, 2.75) is 39.2 Å². The first-order chi connectivity index (χ1) is 9.27. The Kier molecular flexibility index (Phi) is 4.13. The summed E-state index contributed by atoms with van der Waals surface area (Å²) in [7, 11) is -2.05. The van der Waals surface area contributed by atoms with Crippen LogP contribution in [0.25, 0.3) is 0 Å². The molecule has 4 heteroatoms. The molecule has 0 N–H and O–H groups in total. The summed E-state index contributed by atoms with van der Waals surface area (Å²) < 4.78 is 14.9. The summed E-state index contributed by atoms with van der Waals surface area (Å²) in [5.74, 6) is 2.55. The summed E-state index contributed by atoms with van der Waals surface area (Å²) in [6.45, 7) is 8.18. The lowest BCUT2D eigenvalue weighted by atomic mass is 9.94. The van der Waals surface area contributed by atoms with Gasteiger partial charge in [-0.05, 0) is 64.0 Å². The zero-order valence-electron chi connectivity index (χ0n) is 12.3. The molecular weight excluding hydrogens is 254 g/mol. The van der Waals surface area contributed by atoms with Crippen LogP contribution in [0.4, 0.5) is 0 Å². The molecule has 1 heterocycles. The van der Waals surface area contributed by atoms with Crippen molar-refractivity contribution in [3.05, 3.63) is 12.2 Å². The minimum Gasteiger partial charge on any atom is -0.383 e. The van der Waals surface area contributed by atoms with E-state index < -0.39 is 8.72 Å². The molecule has 2 aliphatic carbocycles. The van der Waals surface area contributed by atoms with E-state index in [4.69, 9.17) is 8.85 Å². The molecule has 19 heavy (non-hydrogen) atoms. The Bertz CT molecular complexity index is 341. The first-order valence-corrected chi connectivity index (χ1v) is 9.95. The zero-order valence-corrected chi connectivity index (χ0v) is 13.3. The van der Waals surface area contributed by atoms with Crippen molar-refractivity contribution in [1.29, 1.82) is 0 Å². The molecule has 0 aromatic heterocycles. The molecule has 3 aliphatic rings. The van der Waals surface area contributed by atoms with Gasteiger partial charge in [0.25, 0.3) is 0 Å². The molecule has 0 aromatic rings. The molecule has 0 aromatic carbocycles. The normalized spacial score (nSPS) is 36.4. The van der Waals surface area contributed by atoms with Gasteiger partial charge < -0.3 is 8.85 Å². The monoisotopic (exact) mass is 281 g/mol. The molecule has 1 saturated heterocycles. The van der Waals surface area contributed by atoms with Gasteiger partial charge in [0.1, 0.15) is 0 Å². The predicted molar refractivity (Wildman–Crippen MR) is 78.8 cm³/mol. The molecule has 3 rings (SSSR count). The van der Waals surface area contributed by atoms with E-state index in [9.17, 15) is 0 Å². The highest BCUT2D eigenvalue weighted by molar-refractivity contribution is 6.65. The van der Waals surface area contributed by atoms with E-state index in [0.717, 1.165) is 37.0 Å². The van der Waals surface area contributed by atoms with E-state index in [1.165, 1.54) is 32.4 Å². The first kappa shape index (κ1) is 13.8. The molecule has 0 spiro atoms. The fourth-order valence-corrected chi connectivity index (χ4v) is 7.83. The van der Waals surface area contributed by atoms with E-state index >= 15 is 0 Å². The minimum absolute atomic E-state index is 0.791. The average Bonchev–Trinajstić information content (AvgIpc) is 3.08. The number of fused-ring (bicyclic) bond motifs is 2. The van der Waals surface area contributed by atoms with E-state index in [1.54, 1.807) is 0 Å². The van der Waals surface area contributed by atoms with Gasteiger partial charge in [0.05, 0.1) is 0 Å². The Hall–Kier alpha value is -0.163. The fourth-order valence-electron chi connectivity index (χ4n) is 4.26. The molecule has 3 unspecified atom stereocenters. The summed E-state index contributed by atoms with van der Waals surface area (Å²) in [5.41, 5.74) is 0. The smallest absolute Gasteiger partial charge is 0.383 e. The SMILES string of the molecule is CCO[Si]1(OCC)CCCN1CC1CC2C=CC1C2. The lowest BCUT2D eigenvalue weighted by Crippen LogP contribution is -2.56. The Morgan fingerprint density at radius 2 is 1.95 bits per heavy atom. The van der Waals surface area contributed by atoms with Crippen LogP contribution in [0.2, 0.25) is 6.04 Å². The van der Waals surface area contributed by atoms with Gasteiger partial charge in [-0.25, -0.2) is 0 Å². The Morgan fingerprint density at radius 3 is 2.53 bits per heavy atom. The molecule has 0 amide bonds. The highest BCUT2D eigenvalue weighted by Gasteiger charge is 2.50. The van der Waals surface area contributed by atoms with Gasteiger partial charge in [-0.3, -0.25) is 4.57 Å². The lowest BCUT2D eigenvalue weighted by molar-refractivity contribution is 0.127. The quantitative estimate of drug-likeness (QED) is 0.552. The zero-order chi connectivity index (χ0) is 13.3. The van der Waals surface area contributed by atoms with E-state index in [-0.39, 0.29) is 0 Å². The second-order valence-electron chi connectivity index (χ2n) is 6.17. The van der Waals surface area contributed by atoms with Gasteiger partial charge in [0.2, 0.25) is 0 Å². The van der Waals surface area contributed by atoms with Crippen molar-refractivity contribution in [2.75, 3.05) is 26.3 Å². The molecule has 0 radical (unpaired) electrons. The minimum atomic E-state index is -2.05. The summed E-state index contributed by atoms with van der Waals surface area (Å²) in [4.78, 5) is 0. The van der Waals surface area contributed by atoms with Gasteiger partial charge in [-0.2, -0.15) is 0 Å². The maximum Gasteiger partial charge on any atom is 0.427 e. The van der Waals surface area contributed by atoms with Crippen molar-refractivity contribution >= 4 is 8.72 Å². The molecule has 3 atom stereocenters. The number of hydrogen-bond acceptors (Lipinski definition) is 3. The second-order valence-corrected chi connectivity index (χ2v) is 9.30. The van der Waals surface area contributed by atoms with Gasteiger partial charge >= 0.3 is 8.72 Å². The highest BCUT2D eigenvalue weighted by Crippen LogP contribution is 2.44. The molecule has 1 saturated carbocycles. The van der Waals surface area contributed by atoms with Crippen molar-refractivity contribution in [1.82, 2.24) is 4.57 Å². The molecule has 1 aliphatic heterocycles. The van der Waals surface area contributed by atoms with Crippen LogP contribution in [0.5, 0.6) is 0 Å². The topological polar surface area (TPSA) is 21.7 Å². The van der Waals surface area contributed by atoms with E-state index in [2.05, 4.69) is 30.6 Å². The largest absolute Gasteiger partial charge is 0.427 e. The van der Waals surface area contributed by atoms with Crippen LogP contribution < -0.4 is 0 Å². The standard InChI is InChI=1S/C15H27NO2Si/c1-3-17-19(18-4-2)9-5-8-16(19)12-15-11-13-6-7-14(15)10-13/h6-7,13-15H,3-5,8-12H2,1-2H3. The number of allylic oxidation sites excluding steroid dienone is 2. The lowest BCUT2D eigenvalue weighted by Gasteiger charge is -2.36.